The summed E-state index contributed by atoms with van der Waals surface area (Å²) in [6.07, 6.45) is 2.21. The van der Waals surface area contributed by atoms with Crippen molar-refractivity contribution >= 4 is 43.7 Å². The van der Waals surface area contributed by atoms with E-state index in [-0.39, 0.29) is 16.7 Å². The van der Waals surface area contributed by atoms with Crippen LogP contribution in [0.4, 0.5) is 5.13 Å². The fourth-order valence-corrected chi connectivity index (χ4v) is 7.48. The van der Waals surface area contributed by atoms with E-state index in [2.05, 4.69) is 29.4 Å². The van der Waals surface area contributed by atoms with Crippen molar-refractivity contribution in [3.8, 4) is 0 Å². The van der Waals surface area contributed by atoms with Gasteiger partial charge in [-0.25, -0.2) is 8.42 Å². The summed E-state index contributed by atoms with van der Waals surface area (Å²) in [5, 5.41) is 14.2. The van der Waals surface area contributed by atoms with Crippen molar-refractivity contribution in [1.29, 1.82) is 0 Å². The number of nitrogens with one attached hydrogen (secondary N) is 1. The Kier molecular flexibility index (Phi) is 6.52. The molecule has 31 heavy (non-hydrogen) atoms. The Morgan fingerprint density at radius 3 is 2.58 bits per heavy atom. The van der Waals surface area contributed by atoms with Gasteiger partial charge in [-0.2, -0.15) is 4.31 Å². The lowest BCUT2D eigenvalue weighted by Crippen LogP contribution is -2.50. The zero-order valence-electron chi connectivity index (χ0n) is 17.3. The molecule has 3 aromatic rings. The van der Waals surface area contributed by atoms with Crippen molar-refractivity contribution in [3.05, 3.63) is 57.9 Å². The van der Waals surface area contributed by atoms with E-state index in [4.69, 9.17) is 0 Å². The van der Waals surface area contributed by atoms with Crippen molar-refractivity contribution in [2.45, 2.75) is 55.8 Å². The highest BCUT2D eigenvalue weighted by atomic mass is 32.2. The molecule has 0 bridgehead atoms. The van der Waals surface area contributed by atoms with Gasteiger partial charge < -0.3 is 0 Å². The van der Waals surface area contributed by atoms with Crippen molar-refractivity contribution in [1.82, 2.24) is 14.5 Å². The number of rotatable bonds is 7. The van der Waals surface area contributed by atoms with Crippen LogP contribution in [-0.2, 0) is 27.8 Å². The summed E-state index contributed by atoms with van der Waals surface area (Å²) in [6, 6.07) is 10.1. The minimum Gasteiger partial charge on any atom is -0.299 e. The van der Waals surface area contributed by atoms with Crippen LogP contribution in [0.25, 0.3) is 0 Å². The van der Waals surface area contributed by atoms with Gasteiger partial charge in [0, 0.05) is 12.5 Å². The number of fused-ring (bicyclic) bond motifs is 1. The second-order valence-corrected chi connectivity index (χ2v) is 11.5. The molecule has 1 aliphatic heterocycles. The Hall–Kier alpha value is -2.14. The number of sulfonamides is 1. The van der Waals surface area contributed by atoms with E-state index in [0.717, 1.165) is 40.3 Å². The summed E-state index contributed by atoms with van der Waals surface area (Å²) < 4.78 is 28.2. The molecule has 0 unspecified atom stereocenters. The number of hydrogen-bond donors (Lipinski definition) is 1. The number of aromatic nitrogens is 2. The standard InChI is InChI=1S/C21H24N4O3S3/c1-3-14(4-2)20-23-24-21(30-20)22-19(26)17-12-15-8-5-6-9-16(15)13-25(17)31(27,28)18-10-7-11-29-18/h5-11,14,17H,3-4,12-13H2,1-2H3,(H,22,24,26)/t17-/m0/s1. The van der Waals surface area contributed by atoms with Gasteiger partial charge in [0.25, 0.3) is 10.0 Å². The molecule has 3 heterocycles. The van der Waals surface area contributed by atoms with Crippen LogP contribution in [0, 0.1) is 0 Å². The topological polar surface area (TPSA) is 92.3 Å². The average molecular weight is 477 g/mol. The van der Waals surface area contributed by atoms with Gasteiger partial charge in [0.05, 0.1) is 0 Å². The first-order chi connectivity index (χ1) is 14.9. The molecule has 0 saturated heterocycles. The number of thiophene rings is 1. The zero-order chi connectivity index (χ0) is 22.0. The quantitative estimate of drug-likeness (QED) is 0.550. The maximum atomic E-state index is 13.3. The number of carbonyl (C=O) groups excluding carboxylic acids is 1. The van der Waals surface area contributed by atoms with E-state index in [1.807, 2.05) is 24.3 Å². The average Bonchev–Trinajstić information content (AvgIpc) is 3.47. The van der Waals surface area contributed by atoms with E-state index >= 15 is 0 Å². The van der Waals surface area contributed by atoms with Gasteiger partial charge in [0.1, 0.15) is 15.3 Å². The minimum atomic E-state index is -3.81. The highest BCUT2D eigenvalue weighted by molar-refractivity contribution is 7.91. The van der Waals surface area contributed by atoms with Crippen LogP contribution in [0.15, 0.2) is 46.0 Å². The largest absolute Gasteiger partial charge is 0.299 e. The van der Waals surface area contributed by atoms with Gasteiger partial charge in [-0.05, 0) is 41.8 Å². The van der Waals surface area contributed by atoms with Crippen LogP contribution in [0.2, 0.25) is 0 Å². The lowest BCUT2D eigenvalue weighted by Gasteiger charge is -2.34. The number of anilines is 1. The molecule has 4 rings (SSSR count). The maximum Gasteiger partial charge on any atom is 0.253 e. The van der Waals surface area contributed by atoms with Crippen LogP contribution in [-0.4, -0.2) is 34.9 Å². The monoisotopic (exact) mass is 476 g/mol. The predicted molar refractivity (Wildman–Crippen MR) is 123 cm³/mol. The smallest absolute Gasteiger partial charge is 0.253 e. The van der Waals surface area contributed by atoms with Crippen LogP contribution >= 0.6 is 22.7 Å². The summed E-state index contributed by atoms with van der Waals surface area (Å²) in [6.45, 7) is 4.35. The number of hydrogen-bond acceptors (Lipinski definition) is 7. The third kappa shape index (κ3) is 4.43. The molecule has 0 radical (unpaired) electrons. The Morgan fingerprint density at radius 2 is 1.90 bits per heavy atom. The number of carbonyl (C=O) groups is 1. The van der Waals surface area contributed by atoms with E-state index in [9.17, 15) is 13.2 Å². The number of nitrogens with zero attached hydrogens (tertiary/aromatic N) is 3. The lowest BCUT2D eigenvalue weighted by molar-refractivity contribution is -0.120. The third-order valence-electron chi connectivity index (χ3n) is 5.57. The maximum absolute atomic E-state index is 13.3. The van der Waals surface area contributed by atoms with Crippen molar-refractivity contribution in [2.24, 2.45) is 0 Å². The Bertz CT molecular complexity index is 1150. The molecule has 1 aliphatic rings. The first-order valence-corrected chi connectivity index (χ1v) is 13.3. The Labute approximate surface area is 190 Å². The predicted octanol–water partition coefficient (Wildman–Crippen LogP) is 4.26. The molecule has 7 nitrogen and oxygen atoms in total. The van der Waals surface area contributed by atoms with Crippen LogP contribution in [0.1, 0.15) is 48.7 Å². The molecule has 1 N–H and O–H groups in total. The number of benzene rings is 1. The molecule has 1 aromatic carbocycles. The normalized spacial score (nSPS) is 16.9. The molecule has 164 valence electrons. The van der Waals surface area contributed by atoms with Gasteiger partial charge in [0.2, 0.25) is 11.0 Å². The molecular formula is C21H24N4O3S3. The minimum absolute atomic E-state index is 0.156. The summed E-state index contributed by atoms with van der Waals surface area (Å²) in [5.74, 6) is -0.0812. The summed E-state index contributed by atoms with van der Waals surface area (Å²) >= 11 is 2.51. The van der Waals surface area contributed by atoms with Crippen LogP contribution < -0.4 is 5.32 Å². The lowest BCUT2D eigenvalue weighted by atomic mass is 9.95. The number of amides is 1. The molecule has 0 saturated carbocycles. The molecular weight excluding hydrogens is 452 g/mol. The summed E-state index contributed by atoms with van der Waals surface area (Å²) in [7, 11) is -3.81. The molecule has 0 aliphatic carbocycles. The van der Waals surface area contributed by atoms with Crippen molar-refractivity contribution in [2.75, 3.05) is 5.32 Å². The first kappa shape index (κ1) is 22.1. The fourth-order valence-electron chi connectivity index (χ4n) is 3.78. The fraction of sp³-hybridized carbons (Fsp3) is 0.381. The highest BCUT2D eigenvalue weighted by Crippen LogP contribution is 2.32. The second-order valence-electron chi connectivity index (χ2n) is 7.42. The van der Waals surface area contributed by atoms with E-state index in [1.165, 1.54) is 15.6 Å². The summed E-state index contributed by atoms with van der Waals surface area (Å²) in [4.78, 5) is 13.2. The van der Waals surface area contributed by atoms with Crippen LogP contribution in [0.5, 0.6) is 0 Å². The van der Waals surface area contributed by atoms with Crippen molar-refractivity contribution < 1.29 is 13.2 Å². The van der Waals surface area contributed by atoms with E-state index in [1.54, 1.807) is 17.5 Å². The molecule has 0 spiro atoms. The second kappa shape index (κ2) is 9.15. The van der Waals surface area contributed by atoms with Crippen LogP contribution in [0.3, 0.4) is 0 Å². The third-order valence-corrected chi connectivity index (χ3v) is 9.80. The molecule has 2 aromatic heterocycles. The van der Waals surface area contributed by atoms with E-state index < -0.39 is 16.1 Å². The molecule has 0 fully saturated rings. The van der Waals surface area contributed by atoms with Gasteiger partial charge in [-0.1, -0.05) is 55.5 Å². The Morgan fingerprint density at radius 1 is 1.16 bits per heavy atom. The molecule has 10 heteroatoms. The van der Waals surface area contributed by atoms with Gasteiger partial charge in [-0.15, -0.1) is 21.5 Å². The molecule has 1 amide bonds. The summed E-state index contributed by atoms with van der Waals surface area (Å²) in [5.41, 5.74) is 1.90. The SMILES string of the molecule is CCC(CC)c1nnc(NC(=O)[C@@H]2Cc3ccccc3CN2S(=O)(=O)c2cccs2)s1. The van der Waals surface area contributed by atoms with Gasteiger partial charge in [-0.3, -0.25) is 10.1 Å². The van der Waals surface area contributed by atoms with Gasteiger partial charge in [0.15, 0.2) is 0 Å². The van der Waals surface area contributed by atoms with Crippen molar-refractivity contribution in [3.63, 3.8) is 0 Å². The Balaban J connectivity index is 1.63. The van der Waals surface area contributed by atoms with Gasteiger partial charge >= 0.3 is 0 Å². The zero-order valence-corrected chi connectivity index (χ0v) is 19.8. The molecule has 1 atom stereocenters. The first-order valence-electron chi connectivity index (χ1n) is 10.2. The highest BCUT2D eigenvalue weighted by Gasteiger charge is 2.40. The van der Waals surface area contributed by atoms with E-state index in [0.29, 0.717) is 17.5 Å².